The lowest BCUT2D eigenvalue weighted by atomic mass is 10.1. The largest absolute Gasteiger partial charge is 0.456 e. The maximum absolute atomic E-state index is 5.89. The van der Waals surface area contributed by atoms with Gasteiger partial charge in [0, 0.05) is 27.8 Å². The van der Waals surface area contributed by atoms with E-state index in [-0.39, 0.29) is 0 Å². The number of para-hydroxylation sites is 1. The predicted octanol–water partition coefficient (Wildman–Crippen LogP) is 5.28. The van der Waals surface area contributed by atoms with Gasteiger partial charge in [-0.25, -0.2) is 0 Å². The summed E-state index contributed by atoms with van der Waals surface area (Å²) >= 11 is 2.07. The molecule has 0 saturated carbocycles. The molecule has 1 saturated heterocycles. The van der Waals surface area contributed by atoms with Crippen molar-refractivity contribution in [2.75, 3.05) is 11.1 Å². The van der Waals surface area contributed by atoms with E-state index in [9.17, 15) is 0 Å². The molecule has 108 valence electrons. The second-order valence-corrected chi connectivity index (χ2v) is 7.26. The Balaban J connectivity index is 1.71. The Kier molecular flexibility index (Phi) is 3.30. The van der Waals surface area contributed by atoms with Crippen LogP contribution in [0.1, 0.15) is 19.8 Å². The smallest absolute Gasteiger partial charge is 0.135 e. The molecule has 3 heteroatoms. The third kappa shape index (κ3) is 2.40. The van der Waals surface area contributed by atoms with Crippen LogP contribution in [0.4, 0.5) is 5.69 Å². The van der Waals surface area contributed by atoms with Crippen LogP contribution < -0.4 is 5.32 Å². The van der Waals surface area contributed by atoms with E-state index in [0.717, 1.165) is 11.2 Å². The van der Waals surface area contributed by atoms with Gasteiger partial charge in [0.2, 0.25) is 0 Å². The fraction of sp³-hybridized carbons (Fsp3) is 0.333. The first kappa shape index (κ1) is 13.1. The van der Waals surface area contributed by atoms with Crippen LogP contribution in [0.15, 0.2) is 46.9 Å². The molecule has 2 nitrogen and oxygen atoms in total. The second kappa shape index (κ2) is 5.30. The summed E-state index contributed by atoms with van der Waals surface area (Å²) in [5.41, 5.74) is 3.13. The number of hydrogen-bond donors (Lipinski definition) is 1. The highest BCUT2D eigenvalue weighted by Crippen LogP contribution is 2.32. The van der Waals surface area contributed by atoms with E-state index in [2.05, 4.69) is 54.3 Å². The number of nitrogens with one attached hydrogen (secondary N) is 1. The van der Waals surface area contributed by atoms with Crippen LogP contribution >= 0.6 is 11.8 Å². The zero-order valence-corrected chi connectivity index (χ0v) is 13.0. The van der Waals surface area contributed by atoms with Gasteiger partial charge in [0.15, 0.2) is 0 Å². The maximum Gasteiger partial charge on any atom is 0.135 e. The molecule has 4 rings (SSSR count). The monoisotopic (exact) mass is 297 g/mol. The van der Waals surface area contributed by atoms with Gasteiger partial charge in [-0.2, -0.15) is 11.8 Å². The normalized spacial score (nSPS) is 22.7. The molecule has 1 fully saturated rings. The van der Waals surface area contributed by atoms with Crippen LogP contribution in [-0.2, 0) is 0 Å². The molecule has 0 spiro atoms. The molecule has 0 radical (unpaired) electrons. The third-order valence-corrected chi connectivity index (χ3v) is 5.71. The molecule has 21 heavy (non-hydrogen) atoms. The van der Waals surface area contributed by atoms with Gasteiger partial charge in [0.1, 0.15) is 11.2 Å². The van der Waals surface area contributed by atoms with Crippen LogP contribution in [0.5, 0.6) is 0 Å². The molecule has 0 amide bonds. The highest BCUT2D eigenvalue weighted by Gasteiger charge is 2.21. The van der Waals surface area contributed by atoms with Crippen LogP contribution in [-0.4, -0.2) is 17.0 Å². The first-order valence-electron chi connectivity index (χ1n) is 7.61. The summed E-state index contributed by atoms with van der Waals surface area (Å²) < 4.78 is 5.89. The van der Waals surface area contributed by atoms with Crippen LogP contribution in [0.2, 0.25) is 0 Å². The van der Waals surface area contributed by atoms with Crippen molar-refractivity contribution in [2.45, 2.75) is 31.1 Å². The van der Waals surface area contributed by atoms with E-state index < -0.39 is 0 Å². The van der Waals surface area contributed by atoms with Crippen molar-refractivity contribution in [3.8, 4) is 0 Å². The average Bonchev–Trinajstić information content (AvgIpc) is 2.88. The van der Waals surface area contributed by atoms with Crippen LogP contribution in [0, 0.1) is 0 Å². The summed E-state index contributed by atoms with van der Waals surface area (Å²) in [6.07, 6.45) is 2.57. The number of benzene rings is 2. The molecule has 0 aliphatic carbocycles. The second-order valence-electron chi connectivity index (χ2n) is 5.78. The molecular weight excluding hydrogens is 278 g/mol. The Morgan fingerprint density at radius 3 is 2.86 bits per heavy atom. The predicted molar refractivity (Wildman–Crippen MR) is 92.3 cm³/mol. The average molecular weight is 297 g/mol. The third-order valence-electron chi connectivity index (χ3n) is 4.34. The fourth-order valence-electron chi connectivity index (χ4n) is 3.14. The van der Waals surface area contributed by atoms with Crippen molar-refractivity contribution >= 4 is 39.4 Å². The standard InChI is InChI=1S/C18H19NOS/c1-12-16(6-4-10-21-12)19-13-8-9-18-15(11-13)14-5-2-3-7-17(14)20-18/h2-3,5,7-9,11-12,16,19H,4,6,10H2,1H3. The molecule has 1 aliphatic rings. The van der Waals surface area contributed by atoms with Crippen molar-refractivity contribution in [3.05, 3.63) is 42.5 Å². The Bertz CT molecular complexity index is 779. The van der Waals surface area contributed by atoms with Crippen molar-refractivity contribution in [3.63, 3.8) is 0 Å². The number of fused-ring (bicyclic) bond motifs is 3. The maximum atomic E-state index is 5.89. The number of anilines is 1. The minimum absolute atomic E-state index is 0.569. The van der Waals surface area contributed by atoms with E-state index in [0.29, 0.717) is 11.3 Å². The Labute approximate surface area is 128 Å². The van der Waals surface area contributed by atoms with Gasteiger partial charge in [-0.3, -0.25) is 0 Å². The number of thioether (sulfide) groups is 1. The van der Waals surface area contributed by atoms with Gasteiger partial charge in [0.05, 0.1) is 0 Å². The van der Waals surface area contributed by atoms with Gasteiger partial charge in [-0.1, -0.05) is 25.1 Å². The van der Waals surface area contributed by atoms with E-state index in [4.69, 9.17) is 4.42 Å². The number of rotatable bonds is 2. The quantitative estimate of drug-likeness (QED) is 0.696. The summed E-state index contributed by atoms with van der Waals surface area (Å²) in [7, 11) is 0. The molecule has 3 aromatic rings. The van der Waals surface area contributed by atoms with Crippen LogP contribution in [0.25, 0.3) is 21.9 Å². The van der Waals surface area contributed by atoms with E-state index in [1.54, 1.807) is 0 Å². The molecule has 0 bridgehead atoms. The molecule has 2 heterocycles. The molecule has 1 aliphatic heterocycles. The van der Waals surface area contributed by atoms with Crippen LogP contribution in [0.3, 0.4) is 0 Å². The lowest BCUT2D eigenvalue weighted by molar-refractivity contribution is 0.617. The summed E-state index contributed by atoms with van der Waals surface area (Å²) in [5, 5.41) is 6.79. The Morgan fingerprint density at radius 2 is 1.95 bits per heavy atom. The fourth-order valence-corrected chi connectivity index (χ4v) is 4.28. The van der Waals surface area contributed by atoms with Gasteiger partial charge in [-0.15, -0.1) is 0 Å². The number of furan rings is 1. The summed E-state index contributed by atoms with van der Waals surface area (Å²) in [6.45, 7) is 2.33. The first-order chi connectivity index (χ1) is 10.3. The first-order valence-corrected chi connectivity index (χ1v) is 8.65. The highest BCUT2D eigenvalue weighted by molar-refractivity contribution is 8.00. The summed E-state index contributed by atoms with van der Waals surface area (Å²) in [4.78, 5) is 0. The summed E-state index contributed by atoms with van der Waals surface area (Å²) in [5.74, 6) is 1.30. The van der Waals surface area contributed by atoms with Gasteiger partial charge < -0.3 is 9.73 Å². The highest BCUT2D eigenvalue weighted by atomic mass is 32.2. The zero-order chi connectivity index (χ0) is 14.2. The van der Waals surface area contributed by atoms with E-state index in [1.807, 2.05) is 12.1 Å². The molecule has 2 atom stereocenters. The van der Waals surface area contributed by atoms with Gasteiger partial charge >= 0.3 is 0 Å². The molecule has 2 unspecified atom stereocenters. The molecule has 2 aromatic carbocycles. The van der Waals surface area contributed by atoms with Crippen molar-refractivity contribution < 1.29 is 4.42 Å². The molecule has 1 aromatic heterocycles. The zero-order valence-electron chi connectivity index (χ0n) is 12.1. The van der Waals surface area contributed by atoms with E-state index in [1.165, 1.54) is 35.1 Å². The topological polar surface area (TPSA) is 25.2 Å². The SMILES string of the molecule is CC1SCCCC1Nc1ccc2oc3ccccc3c2c1. The van der Waals surface area contributed by atoms with Crippen molar-refractivity contribution in [2.24, 2.45) is 0 Å². The minimum Gasteiger partial charge on any atom is -0.456 e. The van der Waals surface area contributed by atoms with Gasteiger partial charge in [0.25, 0.3) is 0 Å². The lowest BCUT2D eigenvalue weighted by Crippen LogP contribution is -2.32. The van der Waals surface area contributed by atoms with Crippen molar-refractivity contribution in [1.29, 1.82) is 0 Å². The van der Waals surface area contributed by atoms with Crippen molar-refractivity contribution in [1.82, 2.24) is 0 Å². The lowest BCUT2D eigenvalue weighted by Gasteiger charge is -2.30. The minimum atomic E-state index is 0.569. The van der Waals surface area contributed by atoms with Gasteiger partial charge in [-0.05, 0) is 42.9 Å². The Hall–Kier alpha value is -1.61. The summed E-state index contributed by atoms with van der Waals surface area (Å²) in [6, 6.07) is 15.3. The molecular formula is C18H19NOS. The van der Waals surface area contributed by atoms with E-state index >= 15 is 0 Å². The molecule has 1 N–H and O–H groups in total. The Morgan fingerprint density at radius 1 is 1.10 bits per heavy atom. The number of hydrogen-bond acceptors (Lipinski definition) is 3.